The van der Waals surface area contributed by atoms with Crippen LogP contribution < -0.4 is 11.2 Å². The Labute approximate surface area is 151 Å². The van der Waals surface area contributed by atoms with Gasteiger partial charge in [0, 0.05) is 12.6 Å². The molecule has 0 amide bonds. The van der Waals surface area contributed by atoms with Crippen LogP contribution in [-0.2, 0) is 33.3 Å². The van der Waals surface area contributed by atoms with Crippen LogP contribution in [0.25, 0.3) is 0 Å². The quantitative estimate of drug-likeness (QED) is 0.272. The van der Waals surface area contributed by atoms with Gasteiger partial charge in [-0.05, 0) is 12.5 Å². The summed E-state index contributed by atoms with van der Waals surface area (Å²) in [6.07, 6.45) is -2.23. The molecule has 0 aromatic carbocycles. The molecule has 2 aliphatic heterocycles. The second-order valence-corrected chi connectivity index (χ2v) is 5.85. The Hall–Kier alpha value is -2.99. The van der Waals surface area contributed by atoms with Crippen LogP contribution in [0.3, 0.4) is 0 Å². The summed E-state index contributed by atoms with van der Waals surface area (Å²) >= 11 is 0. The average Bonchev–Trinajstić information content (AvgIpc) is 2.98. The number of ether oxygens (including phenoxy) is 4. The van der Waals surface area contributed by atoms with E-state index in [1.165, 1.54) is 12.3 Å². The fourth-order valence-corrected chi connectivity index (χ4v) is 2.80. The minimum atomic E-state index is -1.22. The van der Waals surface area contributed by atoms with E-state index >= 15 is 0 Å². The van der Waals surface area contributed by atoms with Crippen molar-refractivity contribution in [3.05, 3.63) is 22.7 Å². The van der Waals surface area contributed by atoms with Gasteiger partial charge in [0.2, 0.25) is 0 Å². The van der Waals surface area contributed by atoms with Crippen molar-refractivity contribution in [2.45, 2.75) is 44.3 Å². The standard InChI is InChI=1S/C15H17N3O9/c1-2-3-9(19)24-6-7-10-11(27-14(21)13(20)26-10)12(25-7)18-5-4-8(17-23)16-15(18)22/h4-5,7,10-12,23H,2-3,6H2,1H3,(H,16,17,22)/t7-,10?,11?,12-/m1/s1. The molecule has 0 spiro atoms. The van der Waals surface area contributed by atoms with Gasteiger partial charge in [-0.1, -0.05) is 6.92 Å². The van der Waals surface area contributed by atoms with E-state index in [-0.39, 0.29) is 18.8 Å². The molecule has 12 nitrogen and oxygen atoms in total. The van der Waals surface area contributed by atoms with Crippen molar-refractivity contribution >= 4 is 23.7 Å². The largest absolute Gasteiger partial charge is 0.463 e. The lowest BCUT2D eigenvalue weighted by molar-refractivity contribution is -0.195. The Kier molecular flexibility index (Phi) is 5.37. The van der Waals surface area contributed by atoms with Crippen LogP contribution in [0, 0.1) is 0 Å². The molecule has 146 valence electrons. The summed E-state index contributed by atoms with van der Waals surface area (Å²) in [5.41, 5.74) is 0.920. The van der Waals surface area contributed by atoms with Crippen molar-refractivity contribution in [1.82, 2.24) is 9.55 Å². The van der Waals surface area contributed by atoms with Gasteiger partial charge in [0.05, 0.1) is 0 Å². The first-order valence-corrected chi connectivity index (χ1v) is 8.16. The third-order valence-corrected chi connectivity index (χ3v) is 4.02. The SMILES string of the molecule is CCCC(=O)OC[C@H]1O[C@@H](n2ccc(NO)nc2=O)C2OC(=O)C(=O)OC21. The highest BCUT2D eigenvalue weighted by Gasteiger charge is 2.55. The predicted molar refractivity (Wildman–Crippen MR) is 83.4 cm³/mol. The highest BCUT2D eigenvalue weighted by molar-refractivity contribution is 6.30. The van der Waals surface area contributed by atoms with E-state index in [0.717, 1.165) is 4.57 Å². The normalized spacial score (nSPS) is 26.7. The van der Waals surface area contributed by atoms with Crippen LogP contribution in [0.2, 0.25) is 0 Å². The molecule has 27 heavy (non-hydrogen) atoms. The minimum absolute atomic E-state index is 0.0945. The Morgan fingerprint density at radius 2 is 2.00 bits per heavy atom. The molecule has 12 heteroatoms. The van der Waals surface area contributed by atoms with Crippen molar-refractivity contribution in [2.75, 3.05) is 12.1 Å². The highest BCUT2D eigenvalue weighted by Crippen LogP contribution is 2.35. The molecule has 1 aromatic rings. The number of nitrogens with zero attached hydrogens (tertiary/aromatic N) is 2. The average molecular weight is 383 g/mol. The van der Waals surface area contributed by atoms with Gasteiger partial charge in [-0.2, -0.15) is 4.98 Å². The molecule has 0 aliphatic carbocycles. The second kappa shape index (κ2) is 7.72. The zero-order valence-electron chi connectivity index (χ0n) is 14.2. The van der Waals surface area contributed by atoms with Crippen molar-refractivity contribution < 1.29 is 38.5 Å². The molecule has 2 saturated heterocycles. The first-order valence-electron chi connectivity index (χ1n) is 8.16. The first kappa shape index (κ1) is 18.8. The Morgan fingerprint density at radius 3 is 2.63 bits per heavy atom. The van der Waals surface area contributed by atoms with Gasteiger partial charge in [0.15, 0.2) is 24.3 Å². The summed E-state index contributed by atoms with van der Waals surface area (Å²) in [7, 11) is 0. The number of hydrogen-bond donors (Lipinski definition) is 2. The number of carbonyl (C=O) groups excluding carboxylic acids is 3. The van der Waals surface area contributed by atoms with E-state index in [9.17, 15) is 19.2 Å². The van der Waals surface area contributed by atoms with Crippen molar-refractivity contribution in [3.63, 3.8) is 0 Å². The third-order valence-electron chi connectivity index (χ3n) is 4.02. The smallest absolute Gasteiger partial charge is 0.418 e. The number of rotatable bonds is 6. The maximum atomic E-state index is 12.2. The first-order chi connectivity index (χ1) is 12.9. The lowest BCUT2D eigenvalue weighted by atomic mass is 10.1. The van der Waals surface area contributed by atoms with Gasteiger partial charge in [-0.3, -0.25) is 20.0 Å². The van der Waals surface area contributed by atoms with Gasteiger partial charge in [-0.15, -0.1) is 0 Å². The van der Waals surface area contributed by atoms with E-state index in [4.69, 9.17) is 24.2 Å². The molecule has 4 atom stereocenters. The van der Waals surface area contributed by atoms with E-state index in [0.29, 0.717) is 6.42 Å². The Balaban J connectivity index is 1.84. The number of carbonyl (C=O) groups is 3. The second-order valence-electron chi connectivity index (χ2n) is 5.85. The summed E-state index contributed by atoms with van der Waals surface area (Å²) in [5, 5.41) is 8.81. The minimum Gasteiger partial charge on any atom is -0.463 e. The van der Waals surface area contributed by atoms with Crippen molar-refractivity contribution in [2.24, 2.45) is 0 Å². The molecular formula is C15H17N3O9. The maximum Gasteiger partial charge on any atom is 0.418 e. The van der Waals surface area contributed by atoms with Gasteiger partial charge in [0.1, 0.15) is 12.7 Å². The molecule has 0 saturated carbocycles. The summed E-state index contributed by atoms with van der Waals surface area (Å²) in [5.74, 6) is -2.97. The van der Waals surface area contributed by atoms with Crippen LogP contribution in [0.15, 0.2) is 17.1 Å². The van der Waals surface area contributed by atoms with Crippen LogP contribution in [0.4, 0.5) is 5.82 Å². The molecule has 0 bridgehead atoms. The van der Waals surface area contributed by atoms with Crippen LogP contribution in [-0.4, -0.2) is 57.6 Å². The lowest BCUT2D eigenvalue weighted by Gasteiger charge is -2.27. The monoisotopic (exact) mass is 383 g/mol. The number of anilines is 1. The Bertz CT molecular complexity index is 808. The predicted octanol–water partition coefficient (Wildman–Crippen LogP) is -0.878. The van der Waals surface area contributed by atoms with Crippen LogP contribution >= 0.6 is 0 Å². The number of hydrogen-bond acceptors (Lipinski definition) is 11. The molecule has 2 unspecified atom stereocenters. The summed E-state index contributed by atoms with van der Waals surface area (Å²) in [6, 6.07) is 1.28. The van der Waals surface area contributed by atoms with E-state index in [1.807, 2.05) is 6.92 Å². The molecular weight excluding hydrogens is 366 g/mol. The molecule has 3 heterocycles. The summed E-state index contributed by atoms with van der Waals surface area (Å²) in [6.45, 7) is 1.56. The number of nitrogens with one attached hydrogen (secondary N) is 1. The molecule has 0 radical (unpaired) electrons. The van der Waals surface area contributed by atoms with Gasteiger partial charge < -0.3 is 18.9 Å². The lowest BCUT2D eigenvalue weighted by Crippen LogP contribution is -2.48. The van der Waals surface area contributed by atoms with Gasteiger partial charge in [0.25, 0.3) is 0 Å². The summed E-state index contributed by atoms with van der Waals surface area (Å²) in [4.78, 5) is 50.4. The van der Waals surface area contributed by atoms with E-state index in [1.54, 1.807) is 5.48 Å². The van der Waals surface area contributed by atoms with Crippen LogP contribution in [0.1, 0.15) is 26.0 Å². The Morgan fingerprint density at radius 1 is 1.30 bits per heavy atom. The number of aromatic nitrogens is 2. The molecule has 2 N–H and O–H groups in total. The number of esters is 3. The van der Waals surface area contributed by atoms with E-state index < -0.39 is 48.1 Å². The highest BCUT2D eigenvalue weighted by atomic mass is 16.7. The molecule has 2 fully saturated rings. The maximum absolute atomic E-state index is 12.2. The van der Waals surface area contributed by atoms with Crippen molar-refractivity contribution in [3.8, 4) is 0 Å². The summed E-state index contributed by atoms with van der Waals surface area (Å²) < 4.78 is 21.9. The topological polar surface area (TPSA) is 155 Å². The van der Waals surface area contributed by atoms with Gasteiger partial charge >= 0.3 is 23.6 Å². The zero-order valence-corrected chi connectivity index (χ0v) is 14.2. The number of fused-ring (bicyclic) bond motifs is 1. The fourth-order valence-electron chi connectivity index (χ4n) is 2.80. The molecule has 3 rings (SSSR count). The van der Waals surface area contributed by atoms with Crippen molar-refractivity contribution in [1.29, 1.82) is 0 Å². The van der Waals surface area contributed by atoms with Crippen LogP contribution in [0.5, 0.6) is 0 Å². The van der Waals surface area contributed by atoms with Gasteiger partial charge in [-0.25, -0.2) is 14.4 Å². The third kappa shape index (κ3) is 3.75. The molecule has 2 aliphatic rings. The molecule has 1 aromatic heterocycles. The fraction of sp³-hybridized carbons (Fsp3) is 0.533. The zero-order chi connectivity index (χ0) is 19.6. The van der Waals surface area contributed by atoms with E-state index in [2.05, 4.69) is 4.98 Å².